The zero-order chi connectivity index (χ0) is 16.9. The molecule has 1 N–H and O–H groups in total. The van der Waals surface area contributed by atoms with Crippen LogP contribution in [0.15, 0.2) is 24.3 Å². The predicted molar refractivity (Wildman–Crippen MR) is 93.2 cm³/mol. The molecule has 0 aliphatic carbocycles. The second-order valence-corrected chi connectivity index (χ2v) is 7.49. The van der Waals surface area contributed by atoms with Gasteiger partial charge in [-0.25, -0.2) is 4.79 Å². The van der Waals surface area contributed by atoms with E-state index in [0.29, 0.717) is 12.6 Å². The lowest BCUT2D eigenvalue weighted by Crippen LogP contribution is -2.36. The molecule has 128 valence electrons. The van der Waals surface area contributed by atoms with Crippen LogP contribution in [0, 0.1) is 0 Å². The lowest BCUT2D eigenvalue weighted by atomic mass is 10.0. The maximum Gasteiger partial charge on any atom is 0.407 e. The number of carbonyl (C=O) groups is 1. The number of alkyl carbamates (subject to hydrolysis) is 1. The number of nitrogens with one attached hydrogen (secondary N) is 1. The first-order valence-corrected chi connectivity index (χ1v) is 8.62. The quantitative estimate of drug-likeness (QED) is 0.909. The summed E-state index contributed by atoms with van der Waals surface area (Å²) < 4.78 is 5.24. The van der Waals surface area contributed by atoms with Gasteiger partial charge in [-0.3, -0.25) is 4.90 Å². The maximum atomic E-state index is 11.7. The number of ether oxygens (including phenoxy) is 1. The number of carbonyl (C=O) groups excluding carboxylic acids is 1. The number of hydrogen-bond donors (Lipinski definition) is 1. The minimum Gasteiger partial charge on any atom is -0.444 e. The van der Waals surface area contributed by atoms with Crippen molar-refractivity contribution in [2.45, 2.75) is 71.7 Å². The molecule has 4 nitrogen and oxygen atoms in total. The molecule has 1 aromatic carbocycles. The second-order valence-electron chi connectivity index (χ2n) is 7.49. The van der Waals surface area contributed by atoms with Crippen molar-refractivity contribution in [1.82, 2.24) is 10.2 Å². The molecule has 0 radical (unpaired) electrons. The Morgan fingerprint density at radius 2 is 1.87 bits per heavy atom. The molecule has 1 aromatic rings. The Morgan fingerprint density at radius 3 is 2.48 bits per heavy atom. The molecule has 1 unspecified atom stereocenters. The van der Waals surface area contributed by atoms with E-state index < -0.39 is 5.60 Å². The van der Waals surface area contributed by atoms with Crippen LogP contribution in [0.3, 0.4) is 0 Å². The number of piperidine rings is 1. The van der Waals surface area contributed by atoms with Crippen molar-refractivity contribution in [1.29, 1.82) is 0 Å². The Balaban J connectivity index is 1.81. The van der Waals surface area contributed by atoms with Crippen LogP contribution in [0.1, 0.15) is 58.1 Å². The molecule has 1 saturated heterocycles. The van der Waals surface area contributed by atoms with Gasteiger partial charge in [-0.05, 0) is 58.2 Å². The zero-order valence-corrected chi connectivity index (χ0v) is 14.9. The highest BCUT2D eigenvalue weighted by Crippen LogP contribution is 2.19. The van der Waals surface area contributed by atoms with E-state index in [1.54, 1.807) is 0 Å². The zero-order valence-electron chi connectivity index (χ0n) is 14.9. The molecule has 0 saturated carbocycles. The number of amides is 1. The average molecular weight is 318 g/mol. The molecule has 1 fully saturated rings. The van der Waals surface area contributed by atoms with Crippen LogP contribution in [0.2, 0.25) is 0 Å². The first kappa shape index (κ1) is 17.8. The molecule has 0 spiro atoms. The third-order valence-corrected chi connectivity index (χ3v) is 4.18. The van der Waals surface area contributed by atoms with Gasteiger partial charge < -0.3 is 10.1 Å². The van der Waals surface area contributed by atoms with Crippen LogP contribution in [0.4, 0.5) is 4.79 Å². The fourth-order valence-corrected chi connectivity index (χ4v) is 2.88. The van der Waals surface area contributed by atoms with Crippen molar-refractivity contribution in [2.75, 3.05) is 6.54 Å². The Morgan fingerprint density at radius 1 is 1.22 bits per heavy atom. The fraction of sp³-hybridized carbons (Fsp3) is 0.632. The Hall–Kier alpha value is -1.55. The molecule has 1 heterocycles. The van der Waals surface area contributed by atoms with Gasteiger partial charge >= 0.3 is 6.09 Å². The van der Waals surface area contributed by atoms with Crippen molar-refractivity contribution in [3.8, 4) is 0 Å². The van der Waals surface area contributed by atoms with Crippen molar-refractivity contribution < 1.29 is 9.53 Å². The monoisotopic (exact) mass is 318 g/mol. The van der Waals surface area contributed by atoms with Crippen LogP contribution in [0.25, 0.3) is 0 Å². The lowest BCUT2D eigenvalue weighted by Gasteiger charge is -2.33. The van der Waals surface area contributed by atoms with Crippen LogP contribution in [-0.2, 0) is 17.8 Å². The predicted octanol–water partition coefficient (Wildman–Crippen LogP) is 4.09. The summed E-state index contributed by atoms with van der Waals surface area (Å²) in [5, 5.41) is 2.79. The SMILES string of the molecule is CC1CCCCN1Cc1ccc(CNC(=O)OC(C)(C)C)cc1. The number of hydrogen-bond acceptors (Lipinski definition) is 3. The number of nitrogens with zero attached hydrogens (tertiary/aromatic N) is 1. The van der Waals surface area contributed by atoms with Crippen LogP contribution < -0.4 is 5.32 Å². The fourth-order valence-electron chi connectivity index (χ4n) is 2.88. The smallest absolute Gasteiger partial charge is 0.407 e. The molecular weight excluding hydrogens is 288 g/mol. The summed E-state index contributed by atoms with van der Waals surface area (Å²) >= 11 is 0. The molecule has 4 heteroatoms. The molecule has 1 amide bonds. The topological polar surface area (TPSA) is 41.6 Å². The van der Waals surface area contributed by atoms with Gasteiger partial charge in [-0.15, -0.1) is 0 Å². The normalized spacial score (nSPS) is 19.4. The van der Waals surface area contributed by atoms with E-state index in [1.807, 2.05) is 20.8 Å². The lowest BCUT2D eigenvalue weighted by molar-refractivity contribution is 0.0523. The van der Waals surface area contributed by atoms with Gasteiger partial charge in [0.1, 0.15) is 5.60 Å². The first-order chi connectivity index (χ1) is 10.8. The van der Waals surface area contributed by atoms with E-state index in [4.69, 9.17) is 4.74 Å². The highest BCUT2D eigenvalue weighted by Gasteiger charge is 2.18. The average Bonchev–Trinajstić information content (AvgIpc) is 2.47. The minimum absolute atomic E-state index is 0.372. The van der Waals surface area contributed by atoms with Crippen molar-refractivity contribution in [3.05, 3.63) is 35.4 Å². The standard InChI is InChI=1S/C19H30N2O2/c1-15-7-5-6-12-21(15)14-17-10-8-16(9-11-17)13-20-18(22)23-19(2,3)4/h8-11,15H,5-7,12-14H2,1-4H3,(H,20,22). The summed E-state index contributed by atoms with van der Waals surface area (Å²) in [5.74, 6) is 0. The molecule has 2 rings (SSSR count). The van der Waals surface area contributed by atoms with Crippen molar-refractivity contribution in [2.24, 2.45) is 0 Å². The second kappa shape index (κ2) is 7.82. The Kier molecular flexibility index (Phi) is 6.05. The third-order valence-electron chi connectivity index (χ3n) is 4.18. The van der Waals surface area contributed by atoms with Gasteiger partial charge in [0.2, 0.25) is 0 Å². The van der Waals surface area contributed by atoms with Gasteiger partial charge in [0, 0.05) is 19.1 Å². The summed E-state index contributed by atoms with van der Waals surface area (Å²) in [6, 6.07) is 9.17. The van der Waals surface area contributed by atoms with Gasteiger partial charge in [0.25, 0.3) is 0 Å². The summed E-state index contributed by atoms with van der Waals surface area (Å²) in [7, 11) is 0. The van der Waals surface area contributed by atoms with Crippen LogP contribution in [-0.4, -0.2) is 29.2 Å². The maximum absolute atomic E-state index is 11.7. The summed E-state index contributed by atoms with van der Waals surface area (Å²) in [6.07, 6.45) is 3.59. The molecule has 0 bridgehead atoms. The van der Waals surface area contributed by atoms with Crippen LogP contribution in [0.5, 0.6) is 0 Å². The molecule has 1 atom stereocenters. The first-order valence-electron chi connectivity index (χ1n) is 8.62. The summed E-state index contributed by atoms with van der Waals surface area (Å²) in [6.45, 7) is 10.6. The Labute approximate surface area is 140 Å². The molecular formula is C19H30N2O2. The largest absolute Gasteiger partial charge is 0.444 e. The Bertz CT molecular complexity index is 505. The van der Waals surface area contributed by atoms with Crippen molar-refractivity contribution >= 4 is 6.09 Å². The number of benzene rings is 1. The highest BCUT2D eigenvalue weighted by molar-refractivity contribution is 5.67. The van der Waals surface area contributed by atoms with E-state index >= 15 is 0 Å². The van der Waals surface area contributed by atoms with E-state index in [2.05, 4.69) is 41.4 Å². The molecule has 1 aliphatic heterocycles. The van der Waals surface area contributed by atoms with Crippen molar-refractivity contribution in [3.63, 3.8) is 0 Å². The van der Waals surface area contributed by atoms with Gasteiger partial charge in [-0.1, -0.05) is 30.7 Å². The minimum atomic E-state index is -0.459. The number of likely N-dealkylation sites (tertiary alicyclic amines) is 1. The van der Waals surface area contributed by atoms with Gasteiger partial charge in [-0.2, -0.15) is 0 Å². The van der Waals surface area contributed by atoms with E-state index in [0.717, 1.165) is 12.1 Å². The van der Waals surface area contributed by atoms with E-state index in [9.17, 15) is 4.79 Å². The number of rotatable bonds is 4. The van der Waals surface area contributed by atoms with Crippen LogP contribution >= 0.6 is 0 Å². The summed E-state index contributed by atoms with van der Waals surface area (Å²) in [4.78, 5) is 14.2. The summed E-state index contributed by atoms with van der Waals surface area (Å²) in [5.41, 5.74) is 1.96. The van der Waals surface area contributed by atoms with Gasteiger partial charge in [0.05, 0.1) is 0 Å². The van der Waals surface area contributed by atoms with Gasteiger partial charge in [0.15, 0.2) is 0 Å². The molecule has 23 heavy (non-hydrogen) atoms. The molecule has 1 aliphatic rings. The third kappa shape index (κ3) is 6.22. The van der Waals surface area contributed by atoms with E-state index in [-0.39, 0.29) is 6.09 Å². The van der Waals surface area contributed by atoms with E-state index in [1.165, 1.54) is 31.4 Å². The highest BCUT2D eigenvalue weighted by atomic mass is 16.6. The molecule has 0 aromatic heterocycles.